The summed E-state index contributed by atoms with van der Waals surface area (Å²) in [5.74, 6) is 0.725. The van der Waals surface area contributed by atoms with Crippen LogP contribution in [-0.4, -0.2) is 87.2 Å². The molecule has 3 fully saturated rings. The van der Waals surface area contributed by atoms with E-state index in [2.05, 4.69) is 37.4 Å². The van der Waals surface area contributed by atoms with E-state index in [0.29, 0.717) is 6.04 Å². The molecule has 1 aromatic carbocycles. The molecule has 32 heavy (non-hydrogen) atoms. The molecule has 178 valence electrons. The molecule has 2 N–H and O–H groups in total. The average molecular weight is 445 g/mol. The van der Waals surface area contributed by atoms with Gasteiger partial charge in [0.15, 0.2) is 5.96 Å². The van der Waals surface area contributed by atoms with Gasteiger partial charge in [0.1, 0.15) is 5.82 Å². The minimum atomic E-state index is -0.170. The maximum atomic E-state index is 13.7. The van der Waals surface area contributed by atoms with Gasteiger partial charge in [0.25, 0.3) is 0 Å². The Morgan fingerprint density at radius 2 is 1.88 bits per heavy atom. The van der Waals surface area contributed by atoms with Crippen molar-refractivity contribution in [2.45, 2.75) is 56.5 Å². The number of nitrogens with one attached hydrogen (secondary N) is 2. The Morgan fingerprint density at radius 1 is 1.09 bits per heavy atom. The first-order valence-electron chi connectivity index (χ1n) is 12.5. The average Bonchev–Trinajstić information content (AvgIpc) is 2.84. The lowest BCUT2D eigenvalue weighted by molar-refractivity contribution is 0.0173. The first-order chi connectivity index (χ1) is 15.6. The van der Waals surface area contributed by atoms with Crippen LogP contribution < -0.4 is 15.5 Å². The number of anilines is 1. The third-order valence-corrected chi connectivity index (χ3v) is 7.69. The van der Waals surface area contributed by atoms with Crippen LogP contribution >= 0.6 is 0 Å². The molecule has 6 nitrogen and oxygen atoms in total. The summed E-state index contributed by atoms with van der Waals surface area (Å²) >= 11 is 0. The highest BCUT2D eigenvalue weighted by Gasteiger charge is 2.39. The maximum Gasteiger partial charge on any atom is 0.191 e. The van der Waals surface area contributed by atoms with Gasteiger partial charge in [-0.05, 0) is 90.0 Å². The molecule has 0 aliphatic carbocycles. The summed E-state index contributed by atoms with van der Waals surface area (Å²) in [7, 11) is 4.10. The van der Waals surface area contributed by atoms with Crippen LogP contribution in [0.4, 0.5) is 10.1 Å². The summed E-state index contributed by atoms with van der Waals surface area (Å²) in [6, 6.07) is 7.25. The van der Waals surface area contributed by atoms with Crippen molar-refractivity contribution in [3.05, 3.63) is 30.1 Å². The lowest BCUT2D eigenvalue weighted by Crippen LogP contribution is -2.62. The molecule has 1 unspecified atom stereocenters. The van der Waals surface area contributed by atoms with Crippen LogP contribution in [0, 0.1) is 5.82 Å². The molecule has 1 atom stereocenters. The van der Waals surface area contributed by atoms with Gasteiger partial charge in [-0.1, -0.05) is 12.5 Å². The fourth-order valence-corrected chi connectivity index (χ4v) is 5.65. The normalized spacial score (nSPS) is 25.5. The monoisotopic (exact) mass is 444 g/mol. The maximum absolute atomic E-state index is 13.7. The van der Waals surface area contributed by atoms with Crippen LogP contribution in [0.1, 0.15) is 44.9 Å². The van der Waals surface area contributed by atoms with Crippen molar-refractivity contribution >= 4 is 11.6 Å². The minimum Gasteiger partial charge on any atom is -0.369 e. The zero-order chi connectivity index (χ0) is 22.4. The molecule has 0 amide bonds. The Kier molecular flexibility index (Phi) is 7.89. The van der Waals surface area contributed by atoms with Gasteiger partial charge in [0.2, 0.25) is 0 Å². The molecule has 7 heteroatoms. The summed E-state index contributed by atoms with van der Waals surface area (Å²) in [4.78, 5) is 12.1. The van der Waals surface area contributed by atoms with Crippen LogP contribution in [0.5, 0.6) is 0 Å². The van der Waals surface area contributed by atoms with Gasteiger partial charge in [-0.3, -0.25) is 9.89 Å². The van der Waals surface area contributed by atoms with Gasteiger partial charge < -0.3 is 20.4 Å². The second-order valence-corrected chi connectivity index (χ2v) is 9.91. The highest BCUT2D eigenvalue weighted by Crippen LogP contribution is 2.31. The van der Waals surface area contributed by atoms with Crippen LogP contribution in [-0.2, 0) is 0 Å². The van der Waals surface area contributed by atoms with E-state index in [1.54, 1.807) is 12.1 Å². The molecule has 3 heterocycles. The quantitative estimate of drug-likeness (QED) is 0.540. The number of hydrogen-bond acceptors (Lipinski definition) is 4. The summed E-state index contributed by atoms with van der Waals surface area (Å²) in [6.45, 7) is 7.56. The number of nitrogens with zero attached hydrogens (tertiary/aromatic N) is 4. The Labute approximate surface area is 193 Å². The predicted octanol–water partition coefficient (Wildman–Crippen LogP) is 2.91. The van der Waals surface area contributed by atoms with E-state index < -0.39 is 0 Å². The van der Waals surface area contributed by atoms with E-state index >= 15 is 0 Å². The van der Waals surface area contributed by atoms with Crippen molar-refractivity contribution in [3.8, 4) is 0 Å². The molecule has 4 rings (SSSR count). The van der Waals surface area contributed by atoms with Gasteiger partial charge in [0.05, 0.1) is 0 Å². The lowest BCUT2D eigenvalue weighted by Gasteiger charge is -2.50. The number of aliphatic imine (C=N–C) groups is 1. The fourth-order valence-electron chi connectivity index (χ4n) is 5.65. The second kappa shape index (κ2) is 10.8. The Hall–Kier alpha value is -1.86. The number of guanidine groups is 1. The van der Waals surface area contributed by atoms with E-state index in [0.717, 1.165) is 57.2 Å². The topological polar surface area (TPSA) is 46.1 Å². The number of benzene rings is 1. The van der Waals surface area contributed by atoms with E-state index in [-0.39, 0.29) is 11.4 Å². The fraction of sp³-hybridized carbons (Fsp3) is 0.720. The largest absolute Gasteiger partial charge is 0.369 e. The van der Waals surface area contributed by atoms with Crippen molar-refractivity contribution in [3.63, 3.8) is 0 Å². The highest BCUT2D eigenvalue weighted by molar-refractivity contribution is 5.80. The predicted molar refractivity (Wildman–Crippen MR) is 131 cm³/mol. The molecular weight excluding hydrogens is 403 g/mol. The summed E-state index contributed by atoms with van der Waals surface area (Å²) in [5.41, 5.74) is 1.19. The SMILES string of the molecule is CN=C(NCC1(N2CCCCC2)CCN(C)CC1)NC1CCCN(c2cccc(F)c2)C1. The van der Waals surface area contributed by atoms with Gasteiger partial charge in [-0.25, -0.2) is 4.39 Å². The van der Waals surface area contributed by atoms with Crippen molar-refractivity contribution < 1.29 is 4.39 Å². The molecule has 3 saturated heterocycles. The van der Waals surface area contributed by atoms with Crippen LogP contribution in [0.15, 0.2) is 29.3 Å². The highest BCUT2D eigenvalue weighted by atomic mass is 19.1. The molecule has 0 spiro atoms. The zero-order valence-electron chi connectivity index (χ0n) is 20.0. The van der Waals surface area contributed by atoms with E-state index in [1.807, 2.05) is 13.1 Å². The van der Waals surface area contributed by atoms with Gasteiger partial charge >= 0.3 is 0 Å². The Balaban J connectivity index is 1.36. The molecule has 0 saturated carbocycles. The zero-order valence-corrected chi connectivity index (χ0v) is 20.0. The molecule has 0 bridgehead atoms. The van der Waals surface area contributed by atoms with Crippen LogP contribution in [0.25, 0.3) is 0 Å². The van der Waals surface area contributed by atoms with Crippen molar-refractivity contribution in [1.29, 1.82) is 0 Å². The molecular formula is C25H41FN6. The number of hydrogen-bond donors (Lipinski definition) is 2. The van der Waals surface area contributed by atoms with Gasteiger partial charge in [-0.2, -0.15) is 0 Å². The summed E-state index contributed by atoms with van der Waals surface area (Å²) in [6.07, 6.45) is 8.64. The standard InChI is InChI=1S/C25H41FN6/c1-27-24(29-22-9-7-13-31(19-22)23-10-6-8-21(26)18-23)28-20-25(11-16-30(2)17-12-25)32-14-4-3-5-15-32/h6,8,10,18,22H,3-5,7,9,11-17,19-20H2,1-2H3,(H2,27,28,29). The number of piperidine rings is 3. The molecule has 0 aromatic heterocycles. The van der Waals surface area contributed by atoms with Crippen molar-refractivity contribution in [2.24, 2.45) is 4.99 Å². The number of halogens is 1. The van der Waals surface area contributed by atoms with Crippen molar-refractivity contribution in [2.75, 3.05) is 64.8 Å². The third kappa shape index (κ3) is 5.73. The van der Waals surface area contributed by atoms with Gasteiger partial charge in [-0.15, -0.1) is 0 Å². The van der Waals surface area contributed by atoms with Crippen LogP contribution in [0.3, 0.4) is 0 Å². The first kappa shape index (κ1) is 23.3. The summed E-state index contributed by atoms with van der Waals surface area (Å²) in [5, 5.41) is 7.37. The Bertz CT molecular complexity index is 755. The van der Waals surface area contributed by atoms with Crippen molar-refractivity contribution in [1.82, 2.24) is 20.4 Å². The molecule has 0 radical (unpaired) electrons. The minimum absolute atomic E-state index is 0.170. The number of likely N-dealkylation sites (tertiary alicyclic amines) is 2. The molecule has 3 aliphatic heterocycles. The smallest absolute Gasteiger partial charge is 0.191 e. The Morgan fingerprint density at radius 3 is 2.59 bits per heavy atom. The van der Waals surface area contributed by atoms with E-state index in [4.69, 9.17) is 0 Å². The second-order valence-electron chi connectivity index (χ2n) is 9.91. The first-order valence-corrected chi connectivity index (χ1v) is 12.5. The van der Waals surface area contributed by atoms with Crippen LogP contribution in [0.2, 0.25) is 0 Å². The lowest BCUT2D eigenvalue weighted by atomic mass is 9.84. The summed E-state index contributed by atoms with van der Waals surface area (Å²) < 4.78 is 13.7. The van der Waals surface area contributed by atoms with E-state index in [1.165, 1.54) is 51.3 Å². The third-order valence-electron chi connectivity index (χ3n) is 7.69. The molecule has 1 aromatic rings. The van der Waals surface area contributed by atoms with E-state index in [9.17, 15) is 4.39 Å². The van der Waals surface area contributed by atoms with Gasteiger partial charge in [0, 0.05) is 44.0 Å². The number of rotatable bonds is 5. The molecule has 3 aliphatic rings.